The summed E-state index contributed by atoms with van der Waals surface area (Å²) in [6.45, 7) is 7.84. The molecule has 0 aliphatic carbocycles. The molecule has 0 aromatic carbocycles. The van der Waals surface area contributed by atoms with E-state index in [1.165, 1.54) is 0 Å². The minimum atomic E-state index is -0.172. The van der Waals surface area contributed by atoms with Gasteiger partial charge in [-0.25, -0.2) is 4.79 Å². The van der Waals surface area contributed by atoms with Gasteiger partial charge in [0.15, 0.2) is 0 Å². The van der Waals surface area contributed by atoms with Crippen molar-refractivity contribution in [3.05, 3.63) is 47.3 Å². The van der Waals surface area contributed by atoms with Crippen LogP contribution in [0.25, 0.3) is 0 Å². The quantitative estimate of drug-likeness (QED) is 0.588. The first kappa shape index (κ1) is 17.4. The van der Waals surface area contributed by atoms with E-state index >= 15 is 0 Å². The van der Waals surface area contributed by atoms with Crippen molar-refractivity contribution in [1.82, 2.24) is 10.2 Å². The third-order valence-electron chi connectivity index (χ3n) is 2.19. The highest BCUT2D eigenvalue weighted by molar-refractivity contribution is 9.11. The molecule has 0 spiro atoms. The summed E-state index contributed by atoms with van der Waals surface area (Å²) in [7, 11) is 1.60. The molecule has 0 unspecified atom stereocenters. The van der Waals surface area contributed by atoms with Crippen molar-refractivity contribution >= 4 is 28.2 Å². The summed E-state index contributed by atoms with van der Waals surface area (Å²) in [6, 6.07) is -0.172. The maximum Gasteiger partial charge on any atom is 0.321 e. The van der Waals surface area contributed by atoms with Gasteiger partial charge in [-0.3, -0.25) is 9.89 Å². The molecule has 104 valence electrons. The number of nitrogens with zero attached hydrogens (tertiary/aromatic N) is 2. The van der Waals surface area contributed by atoms with Crippen molar-refractivity contribution in [2.45, 2.75) is 13.8 Å². The monoisotopic (exact) mass is 325 g/mol. The van der Waals surface area contributed by atoms with Crippen molar-refractivity contribution in [3.8, 4) is 0 Å². The summed E-state index contributed by atoms with van der Waals surface area (Å²) in [5.74, 6) is 0. The molecular weight excluding hydrogens is 306 g/mol. The summed E-state index contributed by atoms with van der Waals surface area (Å²) in [5, 5.41) is 2.61. The number of urea groups is 1. The molecule has 0 fully saturated rings. The smallest absolute Gasteiger partial charge is 0.321 e. The second-order valence-electron chi connectivity index (χ2n) is 3.55. The first-order chi connectivity index (χ1) is 9.06. The molecule has 0 aliphatic heterocycles. The lowest BCUT2D eigenvalue weighted by Crippen LogP contribution is -2.37. The fraction of sp³-hybridized carbons (Fsp3) is 0.286. The van der Waals surface area contributed by atoms with E-state index in [9.17, 15) is 4.79 Å². The van der Waals surface area contributed by atoms with Gasteiger partial charge >= 0.3 is 6.03 Å². The highest BCUT2D eigenvalue weighted by atomic mass is 79.9. The van der Waals surface area contributed by atoms with Crippen LogP contribution in [0.5, 0.6) is 0 Å². The molecular formula is C14H20BrN3O. The minimum Gasteiger partial charge on any atom is -0.341 e. The normalized spacial score (nSPS) is 13.1. The maximum absolute atomic E-state index is 11.8. The van der Waals surface area contributed by atoms with Crippen LogP contribution in [-0.2, 0) is 0 Å². The summed E-state index contributed by atoms with van der Waals surface area (Å²) >= 11 is 3.33. The van der Waals surface area contributed by atoms with E-state index in [0.717, 1.165) is 10.2 Å². The molecule has 0 heterocycles. The lowest BCUT2D eigenvalue weighted by molar-refractivity contribution is 0.217. The maximum atomic E-state index is 11.8. The fourth-order valence-electron chi connectivity index (χ4n) is 1.16. The Labute approximate surface area is 123 Å². The molecule has 4 nitrogen and oxygen atoms in total. The molecule has 0 saturated carbocycles. The van der Waals surface area contributed by atoms with Gasteiger partial charge in [-0.15, -0.1) is 0 Å². The minimum absolute atomic E-state index is 0.172. The number of aliphatic imine (C=N–C) groups is 1. The zero-order chi connectivity index (χ0) is 14.7. The van der Waals surface area contributed by atoms with E-state index in [1.54, 1.807) is 36.5 Å². The van der Waals surface area contributed by atoms with Crippen molar-refractivity contribution < 1.29 is 4.79 Å². The molecule has 0 aromatic rings. The summed E-state index contributed by atoms with van der Waals surface area (Å²) in [6.07, 6.45) is 10.5. The van der Waals surface area contributed by atoms with Crippen LogP contribution >= 0.6 is 15.9 Å². The van der Waals surface area contributed by atoms with Gasteiger partial charge < -0.3 is 5.32 Å². The van der Waals surface area contributed by atoms with Gasteiger partial charge in [-0.1, -0.05) is 40.7 Å². The van der Waals surface area contributed by atoms with Crippen LogP contribution in [0, 0.1) is 0 Å². The molecule has 0 radical (unpaired) electrons. The lowest BCUT2D eigenvalue weighted by atomic mass is 10.3. The Hall–Kier alpha value is -1.62. The van der Waals surface area contributed by atoms with Crippen LogP contribution in [-0.4, -0.2) is 30.7 Å². The first-order valence-corrected chi connectivity index (χ1v) is 6.64. The molecule has 5 heteroatoms. The largest absolute Gasteiger partial charge is 0.341 e. The Morgan fingerprint density at radius 2 is 2.21 bits per heavy atom. The number of carbonyl (C=O) groups excluding carboxylic acids is 1. The van der Waals surface area contributed by atoms with E-state index in [0.29, 0.717) is 6.54 Å². The van der Waals surface area contributed by atoms with Crippen molar-refractivity contribution in [1.29, 1.82) is 0 Å². The zero-order valence-electron chi connectivity index (χ0n) is 11.6. The van der Waals surface area contributed by atoms with E-state index in [4.69, 9.17) is 0 Å². The van der Waals surface area contributed by atoms with Crippen LogP contribution in [0.2, 0.25) is 0 Å². The first-order valence-electron chi connectivity index (χ1n) is 5.85. The van der Waals surface area contributed by atoms with Gasteiger partial charge in [0.2, 0.25) is 0 Å². The third kappa shape index (κ3) is 7.41. The Balaban J connectivity index is 4.93. The molecule has 19 heavy (non-hydrogen) atoms. The zero-order valence-corrected chi connectivity index (χ0v) is 13.1. The van der Waals surface area contributed by atoms with E-state index < -0.39 is 0 Å². The van der Waals surface area contributed by atoms with Crippen LogP contribution in [0.1, 0.15) is 13.8 Å². The number of hydrogen-bond donors (Lipinski definition) is 1. The Kier molecular flexibility index (Phi) is 9.44. The molecule has 0 bridgehead atoms. The van der Waals surface area contributed by atoms with Gasteiger partial charge in [0.25, 0.3) is 0 Å². The second-order valence-corrected chi connectivity index (χ2v) is 4.46. The molecule has 0 rings (SSSR count). The topological polar surface area (TPSA) is 44.7 Å². The highest BCUT2D eigenvalue weighted by Gasteiger charge is 2.11. The summed E-state index contributed by atoms with van der Waals surface area (Å²) < 4.78 is 0.844. The number of nitrogens with one attached hydrogen (secondary N) is 1. The number of carbonyl (C=O) groups is 1. The predicted octanol–water partition coefficient (Wildman–Crippen LogP) is 3.60. The Morgan fingerprint density at radius 3 is 2.74 bits per heavy atom. The molecule has 2 amide bonds. The number of hydrogen-bond acceptors (Lipinski definition) is 2. The standard InChI is InChI=1S/C14H20BrN3O/c1-5-9-17-10-7-12(3)18(14(19)16-4)11-8-13(15)6-2/h5-10H,2,11H2,1,3-4H3,(H,16,19)/b9-5-,12-7+,13-8+,17-10-. The number of allylic oxidation sites excluding steroid dienone is 5. The van der Waals surface area contributed by atoms with E-state index in [-0.39, 0.29) is 6.03 Å². The molecule has 0 saturated heterocycles. The van der Waals surface area contributed by atoms with Gasteiger partial charge in [-0.2, -0.15) is 0 Å². The van der Waals surface area contributed by atoms with Gasteiger partial charge in [0.1, 0.15) is 0 Å². The molecule has 1 N–H and O–H groups in total. The van der Waals surface area contributed by atoms with Crippen LogP contribution in [0.3, 0.4) is 0 Å². The average molecular weight is 326 g/mol. The third-order valence-corrected chi connectivity index (χ3v) is 2.83. The lowest BCUT2D eigenvalue weighted by Gasteiger charge is -2.21. The molecule has 0 aromatic heterocycles. The van der Waals surface area contributed by atoms with Crippen molar-refractivity contribution in [2.75, 3.05) is 13.6 Å². The number of rotatable bonds is 6. The second kappa shape index (κ2) is 10.3. The van der Waals surface area contributed by atoms with Crippen LogP contribution in [0.4, 0.5) is 4.79 Å². The molecule has 0 aliphatic rings. The van der Waals surface area contributed by atoms with E-state index in [1.807, 2.05) is 26.0 Å². The van der Waals surface area contributed by atoms with E-state index in [2.05, 4.69) is 32.8 Å². The van der Waals surface area contributed by atoms with Crippen LogP contribution in [0.15, 0.2) is 52.3 Å². The number of halogens is 1. The van der Waals surface area contributed by atoms with Crippen molar-refractivity contribution in [3.63, 3.8) is 0 Å². The Bertz CT molecular complexity index is 422. The SMILES string of the molecule is C=C/C(Br)=C\CN(C(=O)NC)/C(C)=C/C=N\C=C/C. The Morgan fingerprint density at radius 1 is 1.53 bits per heavy atom. The van der Waals surface area contributed by atoms with Gasteiger partial charge in [0, 0.05) is 36.2 Å². The van der Waals surface area contributed by atoms with Crippen molar-refractivity contribution in [2.24, 2.45) is 4.99 Å². The fourth-order valence-corrected chi connectivity index (χ4v) is 1.31. The van der Waals surface area contributed by atoms with Gasteiger partial charge in [-0.05, 0) is 19.9 Å². The highest BCUT2D eigenvalue weighted by Crippen LogP contribution is 2.09. The van der Waals surface area contributed by atoms with Crippen LogP contribution < -0.4 is 5.32 Å². The molecule has 0 atom stereocenters. The predicted molar refractivity (Wildman–Crippen MR) is 85.4 cm³/mol. The number of amides is 2. The summed E-state index contributed by atoms with van der Waals surface area (Å²) in [5.41, 5.74) is 0.799. The average Bonchev–Trinajstić information content (AvgIpc) is 2.42. The summed E-state index contributed by atoms with van der Waals surface area (Å²) in [4.78, 5) is 17.4. The van der Waals surface area contributed by atoms with Gasteiger partial charge in [0.05, 0.1) is 0 Å².